The third-order valence-electron chi connectivity index (χ3n) is 4.22. The fourth-order valence-corrected chi connectivity index (χ4v) is 3.05. The van der Waals surface area contributed by atoms with Crippen molar-refractivity contribution in [2.45, 2.75) is 0 Å². The number of benzene rings is 2. The number of aromatic nitrogens is 3. The van der Waals surface area contributed by atoms with Crippen LogP contribution < -0.4 is 0 Å². The molecule has 3 heterocycles. The molecule has 3 aromatic heterocycles. The first-order chi connectivity index (χ1) is 11.4. The van der Waals surface area contributed by atoms with Gasteiger partial charge in [0.2, 0.25) is 0 Å². The number of nitrogens with zero attached hydrogens (tertiary/aromatic N) is 3. The van der Waals surface area contributed by atoms with Gasteiger partial charge in [-0.2, -0.15) is 5.10 Å². The van der Waals surface area contributed by atoms with Crippen molar-refractivity contribution in [1.82, 2.24) is 14.6 Å². The van der Waals surface area contributed by atoms with Crippen molar-refractivity contribution in [2.24, 2.45) is 0 Å². The van der Waals surface area contributed by atoms with E-state index in [1.54, 1.807) is 0 Å². The second-order valence-electron chi connectivity index (χ2n) is 5.71. The molecule has 5 rings (SSSR count). The average Bonchev–Trinajstić information content (AvgIpc) is 3.02. The summed E-state index contributed by atoms with van der Waals surface area (Å²) in [5, 5.41) is 8.29. The molecule has 0 N–H and O–H groups in total. The highest BCUT2D eigenvalue weighted by atomic mass is 15.2. The van der Waals surface area contributed by atoms with Gasteiger partial charge >= 0.3 is 0 Å². The second-order valence-corrected chi connectivity index (χ2v) is 5.71. The van der Waals surface area contributed by atoms with Gasteiger partial charge in [0.1, 0.15) is 0 Å². The molecule has 5 aromatic rings. The van der Waals surface area contributed by atoms with Gasteiger partial charge in [0.25, 0.3) is 0 Å². The minimum absolute atomic E-state index is 0.978. The van der Waals surface area contributed by atoms with E-state index in [4.69, 9.17) is 5.10 Å². The van der Waals surface area contributed by atoms with Crippen LogP contribution in [-0.4, -0.2) is 14.6 Å². The maximum Gasteiger partial charge on any atom is 0.0933 e. The Hall–Kier alpha value is -3.20. The maximum absolute atomic E-state index is 4.74. The predicted molar refractivity (Wildman–Crippen MR) is 93.4 cm³/mol. The molecule has 0 saturated carbocycles. The Labute approximate surface area is 132 Å². The lowest BCUT2D eigenvalue weighted by atomic mass is 10.1. The molecule has 0 spiro atoms. The Morgan fingerprint density at radius 3 is 2.57 bits per heavy atom. The van der Waals surface area contributed by atoms with E-state index in [1.807, 2.05) is 22.8 Å². The molecule has 3 nitrogen and oxygen atoms in total. The minimum atomic E-state index is 0.978. The molecule has 0 saturated heterocycles. The van der Waals surface area contributed by atoms with E-state index in [0.29, 0.717) is 0 Å². The van der Waals surface area contributed by atoms with E-state index in [1.165, 1.54) is 10.8 Å². The van der Waals surface area contributed by atoms with Gasteiger partial charge in [-0.3, -0.25) is 4.98 Å². The number of hydrogen-bond donors (Lipinski definition) is 0. The molecule has 0 aliphatic heterocycles. The number of rotatable bonds is 1. The number of hydrogen-bond acceptors (Lipinski definition) is 2. The Balaban J connectivity index is 1.73. The van der Waals surface area contributed by atoms with Crippen molar-refractivity contribution in [1.29, 1.82) is 0 Å². The zero-order chi connectivity index (χ0) is 15.2. The quantitative estimate of drug-likeness (QED) is 0.448. The van der Waals surface area contributed by atoms with Crippen LogP contribution >= 0.6 is 0 Å². The first kappa shape index (κ1) is 12.4. The van der Waals surface area contributed by atoms with Gasteiger partial charge in [-0.05, 0) is 35.7 Å². The first-order valence-electron chi connectivity index (χ1n) is 7.60. The van der Waals surface area contributed by atoms with Crippen LogP contribution in [0.1, 0.15) is 0 Å². The standard InChI is InChI=1S/C20H13N3/c1-2-5-17-13-23-18(11-14(17)4-1)12-20(22-23)16-7-8-19-15(10-16)6-3-9-21-19/h1-13H. The molecule has 0 atom stereocenters. The minimum Gasteiger partial charge on any atom is -0.256 e. The molecule has 0 bridgehead atoms. The van der Waals surface area contributed by atoms with Gasteiger partial charge in [-0.25, -0.2) is 4.52 Å². The van der Waals surface area contributed by atoms with Gasteiger partial charge in [-0.1, -0.05) is 36.4 Å². The fourth-order valence-electron chi connectivity index (χ4n) is 3.05. The third-order valence-corrected chi connectivity index (χ3v) is 4.22. The Morgan fingerprint density at radius 1 is 0.739 bits per heavy atom. The highest BCUT2D eigenvalue weighted by Crippen LogP contribution is 2.25. The largest absolute Gasteiger partial charge is 0.256 e. The smallest absolute Gasteiger partial charge is 0.0933 e. The monoisotopic (exact) mass is 295 g/mol. The summed E-state index contributed by atoms with van der Waals surface area (Å²) in [6.45, 7) is 0. The SMILES string of the molecule is c1ccc2cn3nc(-c4ccc5ncccc5c4)cc3cc2c1. The Bertz CT molecular complexity index is 1120. The van der Waals surface area contributed by atoms with Gasteiger partial charge < -0.3 is 0 Å². The van der Waals surface area contributed by atoms with Crippen LogP contribution in [0.15, 0.2) is 79.1 Å². The third kappa shape index (κ3) is 1.98. The summed E-state index contributed by atoms with van der Waals surface area (Å²) < 4.78 is 1.95. The van der Waals surface area contributed by atoms with Crippen LogP contribution in [0, 0.1) is 0 Å². The summed E-state index contributed by atoms with van der Waals surface area (Å²) >= 11 is 0. The summed E-state index contributed by atoms with van der Waals surface area (Å²) in [5.74, 6) is 0. The van der Waals surface area contributed by atoms with Crippen LogP contribution in [0.3, 0.4) is 0 Å². The van der Waals surface area contributed by atoms with Crippen LogP contribution in [0.2, 0.25) is 0 Å². The van der Waals surface area contributed by atoms with Gasteiger partial charge in [0, 0.05) is 28.7 Å². The topological polar surface area (TPSA) is 30.2 Å². The molecule has 0 amide bonds. The van der Waals surface area contributed by atoms with Crippen molar-refractivity contribution in [2.75, 3.05) is 0 Å². The van der Waals surface area contributed by atoms with Crippen molar-refractivity contribution in [3.8, 4) is 11.3 Å². The number of fused-ring (bicyclic) bond motifs is 3. The maximum atomic E-state index is 4.74. The van der Waals surface area contributed by atoms with E-state index < -0.39 is 0 Å². The molecule has 0 aliphatic carbocycles. The zero-order valence-corrected chi connectivity index (χ0v) is 12.3. The summed E-state index contributed by atoms with van der Waals surface area (Å²) in [6.07, 6.45) is 3.90. The van der Waals surface area contributed by atoms with Crippen LogP contribution in [0.25, 0.3) is 38.4 Å². The van der Waals surface area contributed by atoms with E-state index in [9.17, 15) is 0 Å². The fraction of sp³-hybridized carbons (Fsp3) is 0. The highest BCUT2D eigenvalue weighted by Gasteiger charge is 2.06. The van der Waals surface area contributed by atoms with Crippen molar-refractivity contribution in [3.63, 3.8) is 0 Å². The van der Waals surface area contributed by atoms with Gasteiger partial charge in [-0.15, -0.1) is 0 Å². The summed E-state index contributed by atoms with van der Waals surface area (Å²) in [4.78, 5) is 4.37. The average molecular weight is 295 g/mol. The first-order valence-corrected chi connectivity index (χ1v) is 7.60. The van der Waals surface area contributed by atoms with E-state index in [2.05, 4.69) is 65.8 Å². The molecule has 3 heteroatoms. The van der Waals surface area contributed by atoms with Gasteiger partial charge in [0.05, 0.1) is 16.7 Å². The molecule has 0 fully saturated rings. The van der Waals surface area contributed by atoms with Crippen LogP contribution in [0.4, 0.5) is 0 Å². The van der Waals surface area contributed by atoms with Crippen LogP contribution in [0.5, 0.6) is 0 Å². The lowest BCUT2D eigenvalue weighted by Gasteiger charge is -2.00. The highest BCUT2D eigenvalue weighted by molar-refractivity contribution is 5.87. The van der Waals surface area contributed by atoms with Crippen molar-refractivity contribution in [3.05, 3.63) is 79.1 Å². The summed E-state index contributed by atoms with van der Waals surface area (Å²) in [6, 6.07) is 23.0. The molecule has 108 valence electrons. The molecule has 2 aromatic carbocycles. The summed E-state index contributed by atoms with van der Waals surface area (Å²) in [5.41, 5.74) is 4.19. The molecule has 0 radical (unpaired) electrons. The Kier molecular flexibility index (Phi) is 2.50. The van der Waals surface area contributed by atoms with Crippen LogP contribution in [-0.2, 0) is 0 Å². The zero-order valence-electron chi connectivity index (χ0n) is 12.3. The molecule has 0 unspecified atom stereocenters. The molecular formula is C20H13N3. The van der Waals surface area contributed by atoms with Crippen molar-refractivity contribution >= 4 is 27.2 Å². The molecular weight excluding hydrogens is 282 g/mol. The van der Waals surface area contributed by atoms with Gasteiger partial charge in [0.15, 0.2) is 0 Å². The van der Waals surface area contributed by atoms with E-state index in [0.717, 1.165) is 27.7 Å². The second kappa shape index (κ2) is 4.65. The predicted octanol–water partition coefficient (Wildman–Crippen LogP) is 4.70. The Morgan fingerprint density at radius 2 is 1.61 bits per heavy atom. The van der Waals surface area contributed by atoms with E-state index in [-0.39, 0.29) is 0 Å². The lowest BCUT2D eigenvalue weighted by Crippen LogP contribution is -1.87. The van der Waals surface area contributed by atoms with E-state index >= 15 is 0 Å². The van der Waals surface area contributed by atoms with Crippen molar-refractivity contribution < 1.29 is 0 Å². The lowest BCUT2D eigenvalue weighted by molar-refractivity contribution is 0.974. The molecule has 0 aliphatic rings. The normalized spacial score (nSPS) is 11.5. The molecule has 23 heavy (non-hydrogen) atoms. The summed E-state index contributed by atoms with van der Waals surface area (Å²) in [7, 11) is 0. The number of pyridine rings is 2.